The van der Waals surface area contributed by atoms with Crippen LogP contribution in [-0.2, 0) is 20.7 Å². The molecule has 1 N–H and O–H groups in total. The SMILES string of the molecule is CC(OC(=O)CCc1nc(-c2ccc(Cl)cc2)no1)C(=O)Nc1ccccc1. The number of carbonyl (C=O) groups is 2. The topological polar surface area (TPSA) is 94.3 Å². The quantitative estimate of drug-likeness (QED) is 0.605. The van der Waals surface area contributed by atoms with Gasteiger partial charge in [0.05, 0.1) is 6.42 Å². The van der Waals surface area contributed by atoms with Crippen LogP contribution >= 0.6 is 11.6 Å². The van der Waals surface area contributed by atoms with Crippen molar-refractivity contribution in [1.82, 2.24) is 10.1 Å². The number of anilines is 1. The lowest BCUT2D eigenvalue weighted by Crippen LogP contribution is -2.30. The summed E-state index contributed by atoms with van der Waals surface area (Å²) in [4.78, 5) is 28.3. The van der Waals surface area contributed by atoms with E-state index in [0.717, 1.165) is 5.56 Å². The largest absolute Gasteiger partial charge is 0.453 e. The van der Waals surface area contributed by atoms with Crippen LogP contribution in [0.3, 0.4) is 0 Å². The van der Waals surface area contributed by atoms with E-state index in [1.807, 2.05) is 6.07 Å². The summed E-state index contributed by atoms with van der Waals surface area (Å²) in [5.41, 5.74) is 1.39. The summed E-state index contributed by atoms with van der Waals surface area (Å²) in [5.74, 6) is -0.205. The minimum absolute atomic E-state index is 0.0191. The molecule has 144 valence electrons. The van der Waals surface area contributed by atoms with Crippen molar-refractivity contribution in [3.63, 3.8) is 0 Å². The Hall–Kier alpha value is -3.19. The van der Waals surface area contributed by atoms with Gasteiger partial charge in [-0.05, 0) is 43.3 Å². The Morgan fingerprint density at radius 3 is 2.57 bits per heavy atom. The zero-order valence-corrected chi connectivity index (χ0v) is 15.8. The minimum Gasteiger partial charge on any atom is -0.453 e. The fraction of sp³-hybridized carbons (Fsp3) is 0.200. The fourth-order valence-electron chi connectivity index (χ4n) is 2.36. The minimum atomic E-state index is -0.917. The lowest BCUT2D eigenvalue weighted by Gasteiger charge is -2.13. The maximum atomic E-state index is 12.1. The van der Waals surface area contributed by atoms with Gasteiger partial charge in [-0.3, -0.25) is 9.59 Å². The molecule has 1 heterocycles. The molecule has 0 aliphatic heterocycles. The van der Waals surface area contributed by atoms with Crippen LogP contribution in [-0.4, -0.2) is 28.1 Å². The highest BCUT2D eigenvalue weighted by Crippen LogP contribution is 2.19. The van der Waals surface area contributed by atoms with E-state index >= 15 is 0 Å². The molecule has 1 atom stereocenters. The highest BCUT2D eigenvalue weighted by molar-refractivity contribution is 6.30. The number of nitrogens with zero attached hydrogens (tertiary/aromatic N) is 2. The molecule has 1 amide bonds. The molecule has 0 fully saturated rings. The summed E-state index contributed by atoms with van der Waals surface area (Å²) < 4.78 is 10.3. The molecule has 1 aromatic heterocycles. The van der Waals surface area contributed by atoms with Gasteiger partial charge in [0, 0.05) is 22.7 Å². The van der Waals surface area contributed by atoms with Gasteiger partial charge >= 0.3 is 5.97 Å². The molecule has 3 rings (SSSR count). The number of benzene rings is 2. The molecule has 28 heavy (non-hydrogen) atoms. The van der Waals surface area contributed by atoms with Crippen LogP contribution in [0, 0.1) is 0 Å². The van der Waals surface area contributed by atoms with E-state index in [1.165, 1.54) is 6.92 Å². The van der Waals surface area contributed by atoms with E-state index in [4.69, 9.17) is 20.9 Å². The Labute approximate surface area is 166 Å². The maximum absolute atomic E-state index is 12.1. The average Bonchev–Trinajstić information content (AvgIpc) is 3.17. The molecular weight excluding hydrogens is 382 g/mol. The third-order valence-corrected chi connectivity index (χ3v) is 4.08. The average molecular weight is 400 g/mol. The van der Waals surface area contributed by atoms with Crippen LogP contribution < -0.4 is 5.32 Å². The van der Waals surface area contributed by atoms with Gasteiger partial charge in [-0.1, -0.05) is 35.0 Å². The number of aryl methyl sites for hydroxylation is 1. The monoisotopic (exact) mass is 399 g/mol. The van der Waals surface area contributed by atoms with Crippen molar-refractivity contribution in [2.24, 2.45) is 0 Å². The highest BCUT2D eigenvalue weighted by atomic mass is 35.5. The highest BCUT2D eigenvalue weighted by Gasteiger charge is 2.19. The molecule has 0 aliphatic carbocycles. The number of carbonyl (C=O) groups excluding carboxylic acids is 2. The van der Waals surface area contributed by atoms with Crippen molar-refractivity contribution in [3.05, 3.63) is 65.5 Å². The van der Waals surface area contributed by atoms with Gasteiger partial charge in [-0.15, -0.1) is 0 Å². The number of aromatic nitrogens is 2. The summed E-state index contributed by atoms with van der Waals surface area (Å²) >= 11 is 5.85. The van der Waals surface area contributed by atoms with Crippen molar-refractivity contribution in [1.29, 1.82) is 0 Å². The maximum Gasteiger partial charge on any atom is 0.307 e. The third kappa shape index (κ3) is 5.40. The Morgan fingerprint density at radius 1 is 1.14 bits per heavy atom. The normalized spacial score (nSPS) is 11.6. The molecule has 2 aromatic carbocycles. The van der Waals surface area contributed by atoms with E-state index in [1.54, 1.807) is 48.5 Å². The van der Waals surface area contributed by atoms with Gasteiger partial charge in [-0.2, -0.15) is 4.98 Å². The van der Waals surface area contributed by atoms with E-state index < -0.39 is 18.0 Å². The smallest absolute Gasteiger partial charge is 0.307 e. The number of ether oxygens (including phenoxy) is 1. The third-order valence-electron chi connectivity index (χ3n) is 3.83. The van der Waals surface area contributed by atoms with Crippen LogP contribution in [0.5, 0.6) is 0 Å². The first kappa shape index (κ1) is 19.6. The number of para-hydroxylation sites is 1. The van der Waals surface area contributed by atoms with Gasteiger partial charge in [0.25, 0.3) is 5.91 Å². The van der Waals surface area contributed by atoms with Crippen LogP contribution in [0.25, 0.3) is 11.4 Å². The Morgan fingerprint density at radius 2 is 1.86 bits per heavy atom. The number of hydrogen-bond donors (Lipinski definition) is 1. The summed E-state index contributed by atoms with van der Waals surface area (Å²) in [6, 6.07) is 16.0. The van der Waals surface area contributed by atoms with E-state index in [2.05, 4.69) is 15.5 Å². The molecule has 0 saturated heterocycles. The Balaban J connectivity index is 1.47. The molecule has 0 aliphatic rings. The van der Waals surface area contributed by atoms with Crippen molar-refractivity contribution >= 4 is 29.2 Å². The molecule has 7 nitrogen and oxygen atoms in total. The van der Waals surface area contributed by atoms with Crippen LogP contribution in [0.4, 0.5) is 5.69 Å². The Kier molecular flexibility index (Phi) is 6.39. The first-order valence-electron chi connectivity index (χ1n) is 8.65. The van der Waals surface area contributed by atoms with Crippen LogP contribution in [0.2, 0.25) is 5.02 Å². The number of halogens is 1. The molecule has 8 heteroatoms. The second-order valence-electron chi connectivity index (χ2n) is 6.01. The number of esters is 1. The van der Waals surface area contributed by atoms with E-state index in [9.17, 15) is 9.59 Å². The summed E-state index contributed by atoms with van der Waals surface area (Å²) in [7, 11) is 0. The number of hydrogen-bond acceptors (Lipinski definition) is 6. The second kappa shape index (κ2) is 9.14. The lowest BCUT2D eigenvalue weighted by molar-refractivity contribution is -0.153. The van der Waals surface area contributed by atoms with Gasteiger partial charge in [0.2, 0.25) is 11.7 Å². The molecule has 1 unspecified atom stereocenters. The molecule has 0 radical (unpaired) electrons. The zero-order chi connectivity index (χ0) is 19.9. The van der Waals surface area contributed by atoms with Crippen molar-refractivity contribution < 1.29 is 18.8 Å². The van der Waals surface area contributed by atoms with Gasteiger partial charge in [0.1, 0.15) is 0 Å². The van der Waals surface area contributed by atoms with Crippen molar-refractivity contribution in [3.8, 4) is 11.4 Å². The fourth-order valence-corrected chi connectivity index (χ4v) is 2.48. The summed E-state index contributed by atoms with van der Waals surface area (Å²) in [6.45, 7) is 1.52. The standard InChI is InChI=1S/C20H18ClN3O4/c1-13(20(26)22-16-5-3-2-4-6-16)27-18(25)12-11-17-23-19(24-28-17)14-7-9-15(21)10-8-14/h2-10,13H,11-12H2,1H3,(H,22,26). The first-order chi connectivity index (χ1) is 13.5. The first-order valence-corrected chi connectivity index (χ1v) is 9.03. The lowest BCUT2D eigenvalue weighted by atomic mass is 10.2. The van der Waals surface area contributed by atoms with Crippen LogP contribution in [0.1, 0.15) is 19.2 Å². The zero-order valence-electron chi connectivity index (χ0n) is 15.1. The molecule has 0 saturated carbocycles. The predicted molar refractivity (Wildman–Crippen MR) is 104 cm³/mol. The molecule has 3 aromatic rings. The summed E-state index contributed by atoms with van der Waals surface area (Å²) in [6.07, 6.45) is -0.683. The van der Waals surface area contributed by atoms with Crippen molar-refractivity contribution in [2.75, 3.05) is 5.32 Å². The second-order valence-corrected chi connectivity index (χ2v) is 6.44. The van der Waals surface area contributed by atoms with Gasteiger partial charge in [-0.25, -0.2) is 0 Å². The van der Waals surface area contributed by atoms with Crippen LogP contribution in [0.15, 0.2) is 59.1 Å². The molecule has 0 spiro atoms. The van der Waals surface area contributed by atoms with E-state index in [-0.39, 0.29) is 12.8 Å². The van der Waals surface area contributed by atoms with Gasteiger partial charge in [0.15, 0.2) is 6.10 Å². The van der Waals surface area contributed by atoms with Gasteiger partial charge < -0.3 is 14.6 Å². The summed E-state index contributed by atoms with van der Waals surface area (Å²) in [5, 5.41) is 7.18. The van der Waals surface area contributed by atoms with E-state index in [0.29, 0.717) is 22.4 Å². The number of amides is 1. The van der Waals surface area contributed by atoms with Crippen molar-refractivity contribution in [2.45, 2.75) is 25.9 Å². The molecular formula is C20H18ClN3O4. The molecule has 0 bridgehead atoms. The predicted octanol–water partition coefficient (Wildman–Crippen LogP) is 3.89. The Bertz CT molecular complexity index is 942. The number of nitrogens with one attached hydrogen (secondary N) is 1. The number of rotatable bonds is 7.